The van der Waals surface area contributed by atoms with E-state index in [1.807, 2.05) is 6.07 Å². The lowest BCUT2D eigenvalue weighted by atomic mass is 10.1. The van der Waals surface area contributed by atoms with Crippen molar-refractivity contribution in [2.24, 2.45) is 0 Å². The topological polar surface area (TPSA) is 58.2 Å². The number of aryl methyl sites for hydroxylation is 1. The minimum Gasteiger partial charge on any atom is -0.322 e. The molecule has 0 atom stereocenters. The van der Waals surface area contributed by atoms with E-state index in [1.165, 1.54) is 12.1 Å². The summed E-state index contributed by atoms with van der Waals surface area (Å²) in [6.07, 6.45) is 0. The van der Waals surface area contributed by atoms with Gasteiger partial charge in [0.2, 0.25) is 0 Å². The van der Waals surface area contributed by atoms with Crippen molar-refractivity contribution in [3.05, 3.63) is 95.3 Å². The monoisotopic (exact) mass is 348 g/mol. The van der Waals surface area contributed by atoms with Gasteiger partial charge in [-0.05, 0) is 61.0 Å². The number of nitrogens with one attached hydrogen (secondary N) is 2. The molecule has 0 heterocycles. The van der Waals surface area contributed by atoms with Crippen molar-refractivity contribution in [3.8, 4) is 0 Å². The maximum atomic E-state index is 13.3. The van der Waals surface area contributed by atoms with Crippen molar-refractivity contribution in [1.82, 2.24) is 0 Å². The summed E-state index contributed by atoms with van der Waals surface area (Å²) >= 11 is 0. The Morgan fingerprint density at radius 3 is 2.08 bits per heavy atom. The first-order valence-electron chi connectivity index (χ1n) is 8.07. The number of halogens is 1. The van der Waals surface area contributed by atoms with Gasteiger partial charge in [-0.15, -0.1) is 0 Å². The fourth-order valence-electron chi connectivity index (χ4n) is 2.42. The Morgan fingerprint density at radius 1 is 0.769 bits per heavy atom. The minimum atomic E-state index is -0.412. The molecule has 0 aliphatic rings. The van der Waals surface area contributed by atoms with Crippen LogP contribution in [0.15, 0.2) is 72.8 Å². The first-order valence-corrected chi connectivity index (χ1v) is 8.07. The molecule has 0 fully saturated rings. The third-order valence-electron chi connectivity index (χ3n) is 3.89. The van der Waals surface area contributed by atoms with Crippen LogP contribution in [0.4, 0.5) is 15.8 Å². The van der Waals surface area contributed by atoms with E-state index in [1.54, 1.807) is 61.5 Å². The number of anilines is 2. The Balaban J connectivity index is 1.68. The lowest BCUT2D eigenvalue weighted by molar-refractivity contribution is 0.102. The summed E-state index contributed by atoms with van der Waals surface area (Å²) in [4.78, 5) is 24.4. The zero-order valence-corrected chi connectivity index (χ0v) is 14.1. The Bertz CT molecular complexity index is 938. The minimum absolute atomic E-state index is 0.224. The average molecular weight is 348 g/mol. The Kier molecular flexibility index (Phi) is 5.08. The van der Waals surface area contributed by atoms with E-state index in [0.717, 1.165) is 5.56 Å². The smallest absolute Gasteiger partial charge is 0.255 e. The molecule has 0 unspecified atom stereocenters. The zero-order chi connectivity index (χ0) is 18.5. The zero-order valence-electron chi connectivity index (χ0n) is 14.1. The van der Waals surface area contributed by atoms with Crippen molar-refractivity contribution in [2.75, 3.05) is 10.6 Å². The number of hydrogen-bond donors (Lipinski definition) is 2. The van der Waals surface area contributed by atoms with E-state index in [0.29, 0.717) is 22.5 Å². The summed E-state index contributed by atoms with van der Waals surface area (Å²) in [7, 11) is 0. The van der Waals surface area contributed by atoms with Gasteiger partial charge in [0.05, 0.1) is 0 Å². The summed E-state index contributed by atoms with van der Waals surface area (Å²) in [5, 5.41) is 5.46. The molecule has 0 radical (unpaired) electrons. The third-order valence-corrected chi connectivity index (χ3v) is 3.89. The highest BCUT2D eigenvalue weighted by Gasteiger charge is 2.10. The molecule has 0 saturated carbocycles. The molecule has 2 N–H and O–H groups in total. The molecular weight excluding hydrogens is 331 g/mol. The first-order chi connectivity index (χ1) is 12.5. The first kappa shape index (κ1) is 17.4. The SMILES string of the molecule is Cc1ccc(F)cc1NC(=O)c1ccc(NC(=O)c2ccccc2)cc1. The second kappa shape index (κ2) is 7.61. The Hall–Kier alpha value is -3.47. The van der Waals surface area contributed by atoms with Gasteiger partial charge in [-0.25, -0.2) is 4.39 Å². The molecule has 0 bridgehead atoms. The van der Waals surface area contributed by atoms with Crippen LogP contribution >= 0.6 is 0 Å². The number of carbonyl (C=O) groups excluding carboxylic acids is 2. The van der Waals surface area contributed by atoms with Crippen LogP contribution in [0, 0.1) is 12.7 Å². The molecule has 0 aromatic heterocycles. The van der Waals surface area contributed by atoms with Crippen LogP contribution in [0.3, 0.4) is 0 Å². The fourth-order valence-corrected chi connectivity index (χ4v) is 2.42. The molecule has 0 aliphatic heterocycles. The van der Waals surface area contributed by atoms with Gasteiger partial charge in [0.15, 0.2) is 0 Å². The summed E-state index contributed by atoms with van der Waals surface area (Å²) in [6.45, 7) is 1.79. The van der Waals surface area contributed by atoms with Crippen LogP contribution in [0.25, 0.3) is 0 Å². The summed E-state index contributed by atoms with van der Waals surface area (Å²) in [6, 6.07) is 19.6. The molecule has 3 aromatic rings. The summed E-state index contributed by atoms with van der Waals surface area (Å²) in [5.74, 6) is -0.984. The molecule has 26 heavy (non-hydrogen) atoms. The highest BCUT2D eigenvalue weighted by molar-refractivity contribution is 6.06. The van der Waals surface area contributed by atoms with Crippen LogP contribution in [-0.2, 0) is 0 Å². The summed E-state index contributed by atoms with van der Waals surface area (Å²) < 4.78 is 13.3. The number of hydrogen-bond acceptors (Lipinski definition) is 2. The number of rotatable bonds is 4. The lowest BCUT2D eigenvalue weighted by Crippen LogP contribution is -2.14. The molecule has 5 heteroatoms. The Labute approximate surface area is 150 Å². The predicted molar refractivity (Wildman–Crippen MR) is 99.9 cm³/mol. The van der Waals surface area contributed by atoms with E-state index >= 15 is 0 Å². The summed E-state index contributed by atoms with van der Waals surface area (Å²) in [5.41, 5.74) is 2.74. The standard InChI is InChI=1S/C21H17FN2O2/c1-14-7-10-17(22)13-19(14)24-21(26)16-8-11-18(12-9-16)23-20(25)15-5-3-2-4-6-15/h2-13H,1H3,(H,23,25)(H,24,26). The largest absolute Gasteiger partial charge is 0.322 e. The van der Waals surface area contributed by atoms with Gasteiger partial charge in [0.1, 0.15) is 5.82 Å². The van der Waals surface area contributed by atoms with Crippen LogP contribution in [0.1, 0.15) is 26.3 Å². The molecule has 3 aromatic carbocycles. The lowest BCUT2D eigenvalue weighted by Gasteiger charge is -2.09. The van der Waals surface area contributed by atoms with Crippen molar-refractivity contribution in [1.29, 1.82) is 0 Å². The van der Waals surface area contributed by atoms with Gasteiger partial charge in [-0.1, -0.05) is 24.3 Å². The molecule has 4 nitrogen and oxygen atoms in total. The van der Waals surface area contributed by atoms with Crippen molar-refractivity contribution >= 4 is 23.2 Å². The molecule has 3 rings (SSSR count). The number of amides is 2. The van der Waals surface area contributed by atoms with Crippen molar-refractivity contribution in [2.45, 2.75) is 6.92 Å². The third kappa shape index (κ3) is 4.13. The van der Waals surface area contributed by atoms with Crippen molar-refractivity contribution in [3.63, 3.8) is 0 Å². The fraction of sp³-hybridized carbons (Fsp3) is 0.0476. The van der Waals surface area contributed by atoms with Gasteiger partial charge in [-0.2, -0.15) is 0 Å². The molecule has 130 valence electrons. The molecule has 0 aliphatic carbocycles. The van der Waals surface area contributed by atoms with Gasteiger partial charge in [0, 0.05) is 22.5 Å². The number of benzene rings is 3. The van der Waals surface area contributed by atoms with Gasteiger partial charge < -0.3 is 10.6 Å². The second-order valence-corrected chi connectivity index (χ2v) is 5.81. The van der Waals surface area contributed by atoms with E-state index in [-0.39, 0.29) is 11.8 Å². The number of carbonyl (C=O) groups is 2. The van der Waals surface area contributed by atoms with Crippen LogP contribution in [-0.4, -0.2) is 11.8 Å². The maximum absolute atomic E-state index is 13.3. The van der Waals surface area contributed by atoms with E-state index in [2.05, 4.69) is 10.6 Å². The molecule has 0 saturated heterocycles. The van der Waals surface area contributed by atoms with Gasteiger partial charge >= 0.3 is 0 Å². The maximum Gasteiger partial charge on any atom is 0.255 e. The highest BCUT2D eigenvalue weighted by Crippen LogP contribution is 2.18. The molecule has 2 amide bonds. The molecular formula is C21H17FN2O2. The van der Waals surface area contributed by atoms with Crippen LogP contribution < -0.4 is 10.6 Å². The quantitative estimate of drug-likeness (QED) is 0.722. The van der Waals surface area contributed by atoms with Crippen molar-refractivity contribution < 1.29 is 14.0 Å². The second-order valence-electron chi connectivity index (χ2n) is 5.81. The van der Waals surface area contributed by atoms with Gasteiger partial charge in [0.25, 0.3) is 11.8 Å². The molecule has 0 spiro atoms. The van der Waals surface area contributed by atoms with Crippen LogP contribution in [0.2, 0.25) is 0 Å². The van der Waals surface area contributed by atoms with Gasteiger partial charge in [-0.3, -0.25) is 9.59 Å². The van der Waals surface area contributed by atoms with E-state index in [9.17, 15) is 14.0 Å². The Morgan fingerprint density at radius 2 is 1.38 bits per heavy atom. The van der Waals surface area contributed by atoms with E-state index in [4.69, 9.17) is 0 Å². The average Bonchev–Trinajstić information content (AvgIpc) is 2.66. The predicted octanol–water partition coefficient (Wildman–Crippen LogP) is 4.64. The highest BCUT2D eigenvalue weighted by atomic mass is 19.1. The normalized spacial score (nSPS) is 10.2. The van der Waals surface area contributed by atoms with Crippen LogP contribution in [0.5, 0.6) is 0 Å². The van der Waals surface area contributed by atoms with E-state index < -0.39 is 5.82 Å².